The van der Waals surface area contributed by atoms with Crippen LogP contribution in [0, 0.1) is 5.92 Å². The standard InChI is InChI=1S/C15H20Br2N2O/c16-12-6-11(7-13(17)8-12)14(19-18)10-2-5-20-15(9-10)3-1-4-15/h6-8,10,14,19H,1-5,9,18H2. The Bertz CT molecular complexity index is 471. The fourth-order valence-electron chi connectivity index (χ4n) is 3.53. The lowest BCUT2D eigenvalue weighted by molar-refractivity contribution is -0.147. The second kappa shape index (κ2) is 6.05. The minimum absolute atomic E-state index is 0.154. The van der Waals surface area contributed by atoms with Crippen molar-refractivity contribution in [3.63, 3.8) is 0 Å². The van der Waals surface area contributed by atoms with E-state index in [0.717, 1.165) is 28.4 Å². The van der Waals surface area contributed by atoms with E-state index in [2.05, 4.69) is 55.5 Å². The molecule has 3 rings (SSSR count). The van der Waals surface area contributed by atoms with Gasteiger partial charge in [-0.15, -0.1) is 0 Å². The van der Waals surface area contributed by atoms with Gasteiger partial charge in [-0.05, 0) is 61.8 Å². The molecule has 0 aromatic heterocycles. The van der Waals surface area contributed by atoms with Crippen molar-refractivity contribution in [1.29, 1.82) is 0 Å². The van der Waals surface area contributed by atoms with Gasteiger partial charge in [-0.1, -0.05) is 31.9 Å². The summed E-state index contributed by atoms with van der Waals surface area (Å²) < 4.78 is 8.18. The first-order valence-electron chi connectivity index (χ1n) is 7.18. The molecule has 2 unspecified atom stereocenters. The number of rotatable bonds is 3. The van der Waals surface area contributed by atoms with Crippen LogP contribution in [0.1, 0.15) is 43.7 Å². The van der Waals surface area contributed by atoms with Crippen LogP contribution in [-0.4, -0.2) is 12.2 Å². The van der Waals surface area contributed by atoms with E-state index in [1.54, 1.807) is 0 Å². The molecule has 1 heterocycles. The summed E-state index contributed by atoms with van der Waals surface area (Å²) in [4.78, 5) is 0. The maximum atomic E-state index is 6.02. The molecule has 2 aliphatic rings. The number of ether oxygens (including phenoxy) is 1. The third-order valence-corrected chi connectivity index (χ3v) is 5.61. The molecule has 3 N–H and O–H groups in total. The number of hydrogen-bond acceptors (Lipinski definition) is 3. The summed E-state index contributed by atoms with van der Waals surface area (Å²) in [5.74, 6) is 6.40. The van der Waals surface area contributed by atoms with E-state index in [-0.39, 0.29) is 11.6 Å². The summed E-state index contributed by atoms with van der Waals surface area (Å²) in [5, 5.41) is 0. The highest BCUT2D eigenvalue weighted by atomic mass is 79.9. The molecule has 0 amide bonds. The van der Waals surface area contributed by atoms with Crippen LogP contribution in [0.2, 0.25) is 0 Å². The quantitative estimate of drug-likeness (QED) is 0.590. The normalized spacial score (nSPS) is 26.2. The van der Waals surface area contributed by atoms with Crippen molar-refractivity contribution in [3.05, 3.63) is 32.7 Å². The summed E-state index contributed by atoms with van der Waals surface area (Å²) in [6.07, 6.45) is 5.91. The fraction of sp³-hybridized carbons (Fsp3) is 0.600. The molecule has 1 aromatic carbocycles. The summed E-state index contributed by atoms with van der Waals surface area (Å²) in [6, 6.07) is 6.54. The molecule has 2 atom stereocenters. The van der Waals surface area contributed by atoms with Crippen molar-refractivity contribution in [2.75, 3.05) is 6.61 Å². The van der Waals surface area contributed by atoms with Crippen molar-refractivity contribution >= 4 is 31.9 Å². The molecule has 3 nitrogen and oxygen atoms in total. The Morgan fingerprint density at radius 2 is 1.95 bits per heavy atom. The third kappa shape index (κ3) is 2.97. The molecule has 5 heteroatoms. The van der Waals surface area contributed by atoms with Gasteiger partial charge in [0.05, 0.1) is 5.60 Å². The molecule has 0 bridgehead atoms. The molecular formula is C15H20Br2N2O. The van der Waals surface area contributed by atoms with E-state index in [1.807, 2.05) is 0 Å². The van der Waals surface area contributed by atoms with Gasteiger partial charge in [-0.2, -0.15) is 0 Å². The maximum Gasteiger partial charge on any atom is 0.0686 e. The number of nitrogens with one attached hydrogen (secondary N) is 1. The van der Waals surface area contributed by atoms with E-state index in [0.29, 0.717) is 5.92 Å². The summed E-state index contributed by atoms with van der Waals surface area (Å²) in [5.41, 5.74) is 4.42. The zero-order valence-corrected chi connectivity index (χ0v) is 14.5. The summed E-state index contributed by atoms with van der Waals surface area (Å²) >= 11 is 7.12. The zero-order chi connectivity index (χ0) is 14.2. The van der Waals surface area contributed by atoms with Gasteiger partial charge in [0.2, 0.25) is 0 Å². The predicted molar refractivity (Wildman–Crippen MR) is 87.2 cm³/mol. The molecular weight excluding hydrogens is 384 g/mol. The molecule has 1 aromatic rings. The molecule has 1 aliphatic heterocycles. The highest BCUT2D eigenvalue weighted by Gasteiger charge is 2.44. The van der Waals surface area contributed by atoms with Crippen LogP contribution in [0.15, 0.2) is 27.1 Å². The second-order valence-corrected chi connectivity index (χ2v) is 7.82. The highest BCUT2D eigenvalue weighted by Crippen LogP contribution is 2.47. The van der Waals surface area contributed by atoms with Crippen LogP contribution < -0.4 is 11.3 Å². The van der Waals surface area contributed by atoms with E-state index < -0.39 is 0 Å². The Kier molecular flexibility index (Phi) is 4.53. The van der Waals surface area contributed by atoms with Gasteiger partial charge in [0, 0.05) is 21.6 Å². The minimum atomic E-state index is 0.154. The van der Waals surface area contributed by atoms with E-state index in [9.17, 15) is 0 Å². The molecule has 1 saturated heterocycles. The van der Waals surface area contributed by atoms with Crippen LogP contribution in [0.3, 0.4) is 0 Å². The van der Waals surface area contributed by atoms with E-state index in [1.165, 1.54) is 24.8 Å². The molecule has 1 spiro atoms. The Hall–Kier alpha value is 0.0600. The number of hydrazine groups is 1. The molecule has 1 saturated carbocycles. The first kappa shape index (κ1) is 15.0. The Balaban J connectivity index is 1.81. The lowest BCUT2D eigenvalue weighted by atomic mass is 9.70. The van der Waals surface area contributed by atoms with Crippen molar-refractivity contribution in [1.82, 2.24) is 5.43 Å². The Morgan fingerprint density at radius 3 is 2.50 bits per heavy atom. The minimum Gasteiger partial charge on any atom is -0.375 e. The van der Waals surface area contributed by atoms with Crippen molar-refractivity contribution in [2.45, 2.75) is 43.7 Å². The van der Waals surface area contributed by atoms with Crippen LogP contribution in [0.25, 0.3) is 0 Å². The van der Waals surface area contributed by atoms with Crippen molar-refractivity contribution in [3.8, 4) is 0 Å². The Labute approximate surface area is 136 Å². The molecule has 0 radical (unpaired) electrons. The SMILES string of the molecule is NNC(c1cc(Br)cc(Br)c1)C1CCOC2(CCC2)C1. The smallest absolute Gasteiger partial charge is 0.0686 e. The largest absolute Gasteiger partial charge is 0.375 e. The molecule has 2 fully saturated rings. The van der Waals surface area contributed by atoms with Gasteiger partial charge in [0.15, 0.2) is 0 Å². The first-order valence-corrected chi connectivity index (χ1v) is 8.77. The topological polar surface area (TPSA) is 47.3 Å². The second-order valence-electron chi connectivity index (χ2n) is 5.99. The van der Waals surface area contributed by atoms with E-state index >= 15 is 0 Å². The lowest BCUT2D eigenvalue weighted by Gasteiger charge is -2.48. The number of nitrogens with two attached hydrogens (primary N) is 1. The average Bonchev–Trinajstić information content (AvgIpc) is 2.37. The highest BCUT2D eigenvalue weighted by molar-refractivity contribution is 9.11. The first-order chi connectivity index (χ1) is 9.62. The fourth-order valence-corrected chi connectivity index (χ4v) is 4.86. The van der Waals surface area contributed by atoms with Crippen molar-refractivity contribution in [2.24, 2.45) is 11.8 Å². The molecule has 20 heavy (non-hydrogen) atoms. The molecule has 110 valence electrons. The molecule has 1 aliphatic carbocycles. The maximum absolute atomic E-state index is 6.02. The predicted octanol–water partition coefficient (Wildman–Crippen LogP) is 4.07. The van der Waals surface area contributed by atoms with Gasteiger partial charge in [-0.3, -0.25) is 11.3 Å². The number of hydrogen-bond donors (Lipinski definition) is 2. The number of halogens is 2. The Morgan fingerprint density at radius 1 is 1.25 bits per heavy atom. The van der Waals surface area contributed by atoms with Crippen LogP contribution in [0.4, 0.5) is 0 Å². The number of benzene rings is 1. The monoisotopic (exact) mass is 402 g/mol. The van der Waals surface area contributed by atoms with Crippen molar-refractivity contribution < 1.29 is 4.74 Å². The third-order valence-electron chi connectivity index (χ3n) is 4.69. The lowest BCUT2D eigenvalue weighted by Crippen LogP contribution is -2.48. The summed E-state index contributed by atoms with van der Waals surface area (Å²) in [6.45, 7) is 0.859. The van der Waals surface area contributed by atoms with E-state index in [4.69, 9.17) is 10.6 Å². The van der Waals surface area contributed by atoms with Gasteiger partial charge < -0.3 is 4.74 Å². The van der Waals surface area contributed by atoms with Gasteiger partial charge in [0.25, 0.3) is 0 Å². The van der Waals surface area contributed by atoms with Gasteiger partial charge in [-0.25, -0.2) is 0 Å². The van der Waals surface area contributed by atoms with Crippen LogP contribution >= 0.6 is 31.9 Å². The van der Waals surface area contributed by atoms with Crippen LogP contribution in [-0.2, 0) is 4.74 Å². The van der Waals surface area contributed by atoms with Crippen LogP contribution in [0.5, 0.6) is 0 Å². The van der Waals surface area contributed by atoms with Gasteiger partial charge >= 0.3 is 0 Å². The average molecular weight is 404 g/mol. The summed E-state index contributed by atoms with van der Waals surface area (Å²) in [7, 11) is 0. The zero-order valence-electron chi connectivity index (χ0n) is 11.4. The van der Waals surface area contributed by atoms with Gasteiger partial charge in [0.1, 0.15) is 0 Å².